The lowest BCUT2D eigenvalue weighted by atomic mass is 9.92. The molecule has 1 fully saturated rings. The first-order chi connectivity index (χ1) is 15.8. The number of nitrogens with one attached hydrogen (secondary N) is 2. The molecule has 8 nitrogen and oxygen atoms in total. The van der Waals surface area contributed by atoms with Crippen molar-refractivity contribution in [2.75, 3.05) is 11.4 Å². The van der Waals surface area contributed by atoms with Gasteiger partial charge in [0.15, 0.2) is 0 Å². The molecular formula is C25H26N4O4. The number of aliphatic carboxylic acids is 1. The monoisotopic (exact) mass is 446 g/mol. The van der Waals surface area contributed by atoms with E-state index in [2.05, 4.69) is 17.2 Å². The zero-order valence-electron chi connectivity index (χ0n) is 18.1. The van der Waals surface area contributed by atoms with Crippen LogP contribution in [-0.2, 0) is 14.4 Å². The number of amidine groups is 1. The number of carboxylic acids is 1. The Morgan fingerprint density at radius 2 is 1.88 bits per heavy atom. The van der Waals surface area contributed by atoms with Crippen LogP contribution in [0, 0.1) is 23.2 Å². The van der Waals surface area contributed by atoms with Gasteiger partial charge in [-0.2, -0.15) is 0 Å². The second-order valence-electron chi connectivity index (χ2n) is 7.85. The van der Waals surface area contributed by atoms with E-state index >= 15 is 0 Å². The number of hydrogen-bond acceptors (Lipinski definition) is 4. The van der Waals surface area contributed by atoms with Crippen LogP contribution >= 0.6 is 0 Å². The maximum Gasteiger partial charge on any atom is 0.306 e. The van der Waals surface area contributed by atoms with Gasteiger partial charge >= 0.3 is 5.97 Å². The molecule has 33 heavy (non-hydrogen) atoms. The van der Waals surface area contributed by atoms with E-state index in [9.17, 15) is 19.5 Å². The average Bonchev–Trinajstić information content (AvgIpc) is 2.79. The summed E-state index contributed by atoms with van der Waals surface area (Å²) in [6.45, 7) is 0.542. The van der Waals surface area contributed by atoms with E-state index in [0.717, 1.165) is 12.0 Å². The normalized spacial score (nSPS) is 16.3. The number of nitrogens with zero attached hydrogens (tertiary/aromatic N) is 1. The fraction of sp³-hybridized carbons (Fsp3) is 0.280. The molecule has 170 valence electrons. The van der Waals surface area contributed by atoms with Crippen molar-refractivity contribution in [3.63, 3.8) is 0 Å². The van der Waals surface area contributed by atoms with Crippen molar-refractivity contribution < 1.29 is 19.5 Å². The number of benzene rings is 2. The van der Waals surface area contributed by atoms with Crippen LogP contribution in [0.2, 0.25) is 0 Å². The summed E-state index contributed by atoms with van der Waals surface area (Å²) in [7, 11) is 0. The molecule has 3 rings (SSSR count). The van der Waals surface area contributed by atoms with Gasteiger partial charge in [0.2, 0.25) is 11.8 Å². The lowest BCUT2D eigenvalue weighted by Gasteiger charge is -2.32. The second-order valence-corrected chi connectivity index (χ2v) is 7.85. The van der Waals surface area contributed by atoms with Gasteiger partial charge in [-0.3, -0.25) is 19.8 Å². The topological polar surface area (TPSA) is 137 Å². The number of carboxylic acid groups (broad SMARTS) is 1. The molecule has 8 heteroatoms. The third kappa shape index (κ3) is 6.68. The fourth-order valence-corrected chi connectivity index (χ4v) is 3.70. The van der Waals surface area contributed by atoms with Gasteiger partial charge in [0, 0.05) is 35.7 Å². The molecule has 1 heterocycles. The van der Waals surface area contributed by atoms with Crippen LogP contribution in [0.25, 0.3) is 0 Å². The highest BCUT2D eigenvalue weighted by molar-refractivity contribution is 5.99. The number of carbonyl (C=O) groups excluding carboxylic acids is 2. The van der Waals surface area contributed by atoms with Crippen LogP contribution in [0.1, 0.15) is 36.8 Å². The zero-order chi connectivity index (χ0) is 23.8. The number of anilines is 1. The first-order valence-electron chi connectivity index (χ1n) is 10.7. The van der Waals surface area contributed by atoms with Gasteiger partial charge in [-0.25, -0.2) is 0 Å². The van der Waals surface area contributed by atoms with Gasteiger partial charge in [0.25, 0.3) is 0 Å². The molecule has 5 N–H and O–H groups in total. The van der Waals surface area contributed by atoms with Gasteiger partial charge in [-0.05, 0) is 49.2 Å². The minimum atomic E-state index is -1.07. The van der Waals surface area contributed by atoms with E-state index in [4.69, 9.17) is 11.1 Å². The summed E-state index contributed by atoms with van der Waals surface area (Å²) in [6.07, 6.45) is 0.945. The summed E-state index contributed by atoms with van der Waals surface area (Å²) < 4.78 is 0. The Balaban J connectivity index is 1.65. The SMILES string of the molecule is N=C(N)c1ccc(N2CCCC(CC(=O)NC(C#Cc3ccccc3)CC(=O)O)C2=O)cc1. The van der Waals surface area contributed by atoms with E-state index in [1.807, 2.05) is 18.2 Å². The number of amides is 2. The molecule has 1 aliphatic rings. The molecule has 0 aliphatic carbocycles. The van der Waals surface area contributed by atoms with E-state index < -0.39 is 23.8 Å². The average molecular weight is 447 g/mol. The van der Waals surface area contributed by atoms with Crippen molar-refractivity contribution in [3.8, 4) is 11.8 Å². The molecule has 0 aromatic heterocycles. The molecule has 1 aliphatic heterocycles. The van der Waals surface area contributed by atoms with Crippen LogP contribution in [0.3, 0.4) is 0 Å². The van der Waals surface area contributed by atoms with Gasteiger partial charge in [-0.1, -0.05) is 30.0 Å². The van der Waals surface area contributed by atoms with Gasteiger partial charge in [-0.15, -0.1) is 0 Å². The maximum absolute atomic E-state index is 13.0. The predicted octanol–water partition coefficient (Wildman–Crippen LogP) is 2.11. The van der Waals surface area contributed by atoms with Gasteiger partial charge < -0.3 is 21.1 Å². The Morgan fingerprint density at radius 1 is 1.18 bits per heavy atom. The van der Waals surface area contributed by atoms with Crippen LogP contribution in [-0.4, -0.2) is 41.3 Å². The maximum atomic E-state index is 13.0. The van der Waals surface area contributed by atoms with E-state index in [0.29, 0.717) is 24.2 Å². The number of nitrogen functional groups attached to an aromatic ring is 1. The standard InChI is InChI=1S/C25H26N4O4/c26-24(27)18-9-12-21(13-10-18)29-14-4-7-19(25(29)33)15-22(30)28-20(16-23(31)32)11-8-17-5-2-1-3-6-17/h1-3,5-6,9-10,12-13,19-20H,4,7,14-16H2,(H3,26,27)(H,28,30)(H,31,32). The molecule has 2 amide bonds. The predicted molar refractivity (Wildman–Crippen MR) is 125 cm³/mol. The van der Waals surface area contributed by atoms with E-state index in [-0.39, 0.29) is 24.6 Å². The van der Waals surface area contributed by atoms with Gasteiger partial charge in [0.05, 0.1) is 6.42 Å². The number of rotatable bonds is 7. The summed E-state index contributed by atoms with van der Waals surface area (Å²) >= 11 is 0. The molecule has 2 aromatic rings. The third-order valence-corrected chi connectivity index (χ3v) is 5.35. The lowest BCUT2D eigenvalue weighted by molar-refractivity contribution is -0.137. The van der Waals surface area contributed by atoms with Crippen LogP contribution in [0.15, 0.2) is 54.6 Å². The summed E-state index contributed by atoms with van der Waals surface area (Å²) in [6, 6.07) is 15.1. The summed E-state index contributed by atoms with van der Waals surface area (Å²) in [5.41, 5.74) is 7.46. The van der Waals surface area contributed by atoms with Crippen molar-refractivity contribution in [1.82, 2.24) is 5.32 Å². The molecule has 0 saturated carbocycles. The van der Waals surface area contributed by atoms with Crippen molar-refractivity contribution in [2.45, 2.75) is 31.7 Å². The van der Waals surface area contributed by atoms with E-state index in [1.165, 1.54) is 0 Å². The van der Waals surface area contributed by atoms with Crippen LogP contribution in [0.5, 0.6) is 0 Å². The Kier molecular flexibility index (Phi) is 7.82. The minimum absolute atomic E-state index is 0.0377. The number of carbonyl (C=O) groups is 3. The molecule has 2 unspecified atom stereocenters. The smallest absolute Gasteiger partial charge is 0.306 e. The van der Waals surface area contributed by atoms with Crippen molar-refractivity contribution in [1.29, 1.82) is 5.41 Å². The van der Waals surface area contributed by atoms with Crippen LogP contribution < -0.4 is 16.0 Å². The molecule has 2 atom stereocenters. The number of hydrogen-bond donors (Lipinski definition) is 4. The fourth-order valence-electron chi connectivity index (χ4n) is 3.70. The Morgan fingerprint density at radius 3 is 2.52 bits per heavy atom. The number of piperidine rings is 1. The van der Waals surface area contributed by atoms with Crippen molar-refractivity contribution in [3.05, 3.63) is 65.7 Å². The Hall–Kier alpha value is -4.12. The lowest BCUT2D eigenvalue weighted by Crippen LogP contribution is -2.44. The Labute approximate surface area is 192 Å². The first-order valence-corrected chi connectivity index (χ1v) is 10.7. The second kappa shape index (κ2) is 11.0. The minimum Gasteiger partial charge on any atom is -0.481 e. The summed E-state index contributed by atoms with van der Waals surface area (Å²) in [5.74, 6) is 3.51. The largest absolute Gasteiger partial charge is 0.481 e. The zero-order valence-corrected chi connectivity index (χ0v) is 18.1. The molecule has 0 radical (unpaired) electrons. The van der Waals surface area contributed by atoms with Crippen molar-refractivity contribution in [2.24, 2.45) is 11.7 Å². The molecule has 0 bridgehead atoms. The third-order valence-electron chi connectivity index (χ3n) is 5.35. The molecule has 2 aromatic carbocycles. The number of nitrogens with two attached hydrogens (primary N) is 1. The summed E-state index contributed by atoms with van der Waals surface area (Å²) in [5, 5.41) is 19.3. The highest BCUT2D eigenvalue weighted by atomic mass is 16.4. The molecular weight excluding hydrogens is 420 g/mol. The quantitative estimate of drug-likeness (QED) is 0.293. The van der Waals surface area contributed by atoms with Crippen molar-refractivity contribution >= 4 is 29.3 Å². The first kappa shape index (κ1) is 23.5. The Bertz CT molecular complexity index is 1090. The van der Waals surface area contributed by atoms with Gasteiger partial charge in [0.1, 0.15) is 11.9 Å². The highest BCUT2D eigenvalue weighted by Gasteiger charge is 2.31. The van der Waals surface area contributed by atoms with E-state index in [1.54, 1.807) is 41.3 Å². The molecule has 0 spiro atoms. The highest BCUT2D eigenvalue weighted by Crippen LogP contribution is 2.26. The summed E-state index contributed by atoms with van der Waals surface area (Å²) in [4.78, 5) is 38.5. The molecule has 1 saturated heterocycles. The van der Waals surface area contributed by atoms with Crippen LogP contribution in [0.4, 0.5) is 5.69 Å².